The minimum atomic E-state index is -0.577. The lowest BCUT2D eigenvalue weighted by atomic mass is 9.95. The third kappa shape index (κ3) is 5.09. The van der Waals surface area contributed by atoms with Gasteiger partial charge in [0.2, 0.25) is 11.8 Å². The lowest BCUT2D eigenvalue weighted by molar-refractivity contribution is -0.125. The van der Waals surface area contributed by atoms with Crippen LogP contribution in [0.2, 0.25) is 5.02 Å². The van der Waals surface area contributed by atoms with Crippen molar-refractivity contribution in [2.24, 2.45) is 5.92 Å². The van der Waals surface area contributed by atoms with Gasteiger partial charge in [-0.15, -0.1) is 0 Å². The molecule has 0 spiro atoms. The van der Waals surface area contributed by atoms with Crippen LogP contribution in [0.15, 0.2) is 48.5 Å². The number of benzene rings is 2. The summed E-state index contributed by atoms with van der Waals surface area (Å²) in [6, 6.07) is 12.9. The number of carbonyl (C=O) groups excluding carboxylic acids is 2. The van der Waals surface area contributed by atoms with Gasteiger partial charge in [-0.3, -0.25) is 14.5 Å². The molecule has 1 fully saturated rings. The van der Waals surface area contributed by atoms with Crippen molar-refractivity contribution < 1.29 is 14.0 Å². The minimum Gasteiger partial charge on any atom is -0.326 e. The first-order valence-corrected chi connectivity index (χ1v) is 9.67. The average Bonchev–Trinajstić information content (AvgIpc) is 2.70. The number of amides is 2. The van der Waals surface area contributed by atoms with E-state index in [0.29, 0.717) is 13.1 Å². The average molecular weight is 404 g/mol. The van der Waals surface area contributed by atoms with E-state index < -0.39 is 11.9 Å². The van der Waals surface area contributed by atoms with Gasteiger partial charge in [0.15, 0.2) is 0 Å². The minimum absolute atomic E-state index is 0.0488. The van der Waals surface area contributed by atoms with Crippen LogP contribution >= 0.6 is 11.6 Å². The Hall–Kier alpha value is -2.44. The summed E-state index contributed by atoms with van der Waals surface area (Å²) in [7, 11) is 0. The van der Waals surface area contributed by atoms with Gasteiger partial charge in [0.25, 0.3) is 0 Å². The number of carbonyl (C=O) groups is 2. The molecule has 2 aromatic rings. The van der Waals surface area contributed by atoms with Gasteiger partial charge >= 0.3 is 0 Å². The predicted octanol–water partition coefficient (Wildman–Crippen LogP) is 4.16. The van der Waals surface area contributed by atoms with Crippen LogP contribution in [0.3, 0.4) is 0 Å². The van der Waals surface area contributed by atoms with Gasteiger partial charge in [0.1, 0.15) is 5.82 Å². The summed E-state index contributed by atoms with van der Waals surface area (Å²) >= 11 is 5.74. The summed E-state index contributed by atoms with van der Waals surface area (Å²) in [6.45, 7) is 2.96. The lowest BCUT2D eigenvalue weighted by Crippen LogP contribution is -2.49. The maximum Gasteiger partial charge on any atom is 0.241 e. The fourth-order valence-electron chi connectivity index (χ4n) is 3.33. The van der Waals surface area contributed by atoms with Crippen LogP contribution in [-0.2, 0) is 9.59 Å². The quantitative estimate of drug-likeness (QED) is 0.788. The van der Waals surface area contributed by atoms with Crippen molar-refractivity contribution in [3.63, 3.8) is 0 Å². The van der Waals surface area contributed by atoms with Crippen molar-refractivity contribution >= 4 is 34.8 Å². The number of rotatable bonds is 5. The molecule has 2 atom stereocenters. The number of hydrogen-bond donors (Lipinski definition) is 2. The standard InChI is InChI=1S/C21H23ClFN3O2/c1-14(20(27)25-19-10-9-16(22)12-18(19)23)26-11-5-6-15(13-26)21(28)24-17-7-3-2-4-8-17/h2-4,7-10,12,14-15H,5-6,11,13H2,1H3,(H,24,28)(H,25,27)/t14-,15+/m1/s1. The van der Waals surface area contributed by atoms with Gasteiger partial charge in [-0.05, 0) is 56.6 Å². The molecule has 0 radical (unpaired) electrons. The van der Waals surface area contributed by atoms with Crippen LogP contribution in [0.25, 0.3) is 0 Å². The third-order valence-electron chi connectivity index (χ3n) is 4.98. The highest BCUT2D eigenvalue weighted by Crippen LogP contribution is 2.23. The molecule has 0 bridgehead atoms. The Morgan fingerprint density at radius 2 is 1.93 bits per heavy atom. The summed E-state index contributed by atoms with van der Waals surface area (Å²) in [5.41, 5.74) is 0.852. The highest BCUT2D eigenvalue weighted by atomic mass is 35.5. The second kappa shape index (κ2) is 9.17. The summed E-state index contributed by atoms with van der Waals surface area (Å²) in [6.07, 6.45) is 1.59. The zero-order valence-electron chi connectivity index (χ0n) is 15.6. The number of anilines is 2. The molecular weight excluding hydrogens is 381 g/mol. The molecule has 7 heteroatoms. The highest BCUT2D eigenvalue weighted by molar-refractivity contribution is 6.30. The van der Waals surface area contributed by atoms with Crippen LogP contribution in [0.1, 0.15) is 19.8 Å². The number of para-hydroxylation sites is 1. The van der Waals surface area contributed by atoms with Crippen LogP contribution < -0.4 is 10.6 Å². The van der Waals surface area contributed by atoms with E-state index in [1.165, 1.54) is 12.1 Å². The Labute approximate surface area is 168 Å². The zero-order chi connectivity index (χ0) is 20.1. The molecular formula is C21H23ClFN3O2. The predicted molar refractivity (Wildman–Crippen MR) is 109 cm³/mol. The van der Waals surface area contributed by atoms with Crippen molar-refractivity contribution in [2.45, 2.75) is 25.8 Å². The Kier molecular flexibility index (Phi) is 6.65. The second-order valence-corrected chi connectivity index (χ2v) is 7.42. The Morgan fingerprint density at radius 3 is 2.64 bits per heavy atom. The smallest absolute Gasteiger partial charge is 0.241 e. The van der Waals surface area contributed by atoms with Crippen molar-refractivity contribution in [3.8, 4) is 0 Å². The summed E-state index contributed by atoms with van der Waals surface area (Å²) in [4.78, 5) is 27.1. The van der Waals surface area contributed by atoms with Gasteiger partial charge in [-0.25, -0.2) is 4.39 Å². The molecule has 5 nitrogen and oxygen atoms in total. The van der Waals surface area contributed by atoms with Gasteiger partial charge in [0.05, 0.1) is 17.6 Å². The van der Waals surface area contributed by atoms with Gasteiger partial charge in [0, 0.05) is 17.3 Å². The topological polar surface area (TPSA) is 61.4 Å². The number of hydrogen-bond acceptors (Lipinski definition) is 3. The molecule has 1 aliphatic rings. The van der Waals surface area contributed by atoms with Crippen molar-refractivity contribution in [2.75, 3.05) is 23.7 Å². The van der Waals surface area contributed by atoms with Crippen LogP contribution in [0, 0.1) is 11.7 Å². The number of likely N-dealkylation sites (tertiary alicyclic amines) is 1. The van der Waals surface area contributed by atoms with Crippen molar-refractivity contribution in [1.82, 2.24) is 4.90 Å². The van der Waals surface area contributed by atoms with Crippen molar-refractivity contribution in [1.29, 1.82) is 0 Å². The third-order valence-corrected chi connectivity index (χ3v) is 5.22. The van der Waals surface area contributed by atoms with Gasteiger partial charge < -0.3 is 10.6 Å². The summed E-state index contributed by atoms with van der Waals surface area (Å²) < 4.78 is 13.9. The summed E-state index contributed by atoms with van der Waals surface area (Å²) in [5.74, 6) is -1.14. The molecule has 2 N–H and O–H groups in total. The molecule has 0 saturated carbocycles. The fourth-order valence-corrected chi connectivity index (χ4v) is 3.49. The van der Waals surface area contributed by atoms with Crippen LogP contribution in [0.4, 0.5) is 15.8 Å². The normalized spacial score (nSPS) is 18.3. The molecule has 0 unspecified atom stereocenters. The molecule has 1 aliphatic heterocycles. The molecule has 2 aromatic carbocycles. The van der Waals surface area contributed by atoms with E-state index in [1.807, 2.05) is 35.2 Å². The molecule has 1 saturated heterocycles. The van der Waals surface area contributed by atoms with Gasteiger partial charge in [-0.2, -0.15) is 0 Å². The first kappa shape index (κ1) is 20.3. The van der Waals surface area contributed by atoms with Crippen LogP contribution in [0.5, 0.6) is 0 Å². The molecule has 148 valence electrons. The molecule has 2 amide bonds. The number of nitrogens with zero attached hydrogens (tertiary/aromatic N) is 1. The molecule has 1 heterocycles. The van der Waals surface area contributed by atoms with Gasteiger partial charge in [-0.1, -0.05) is 29.8 Å². The van der Waals surface area contributed by atoms with E-state index >= 15 is 0 Å². The number of piperidine rings is 1. The fraction of sp³-hybridized carbons (Fsp3) is 0.333. The van der Waals surface area contributed by atoms with Crippen LogP contribution in [-0.4, -0.2) is 35.8 Å². The number of halogens is 2. The Balaban J connectivity index is 1.59. The SMILES string of the molecule is C[C@H](C(=O)Nc1ccc(Cl)cc1F)N1CCC[C@H](C(=O)Nc2ccccc2)C1. The van der Waals surface area contributed by atoms with E-state index in [9.17, 15) is 14.0 Å². The number of nitrogens with one attached hydrogen (secondary N) is 2. The molecule has 3 rings (SSSR count). The largest absolute Gasteiger partial charge is 0.326 e. The zero-order valence-corrected chi connectivity index (χ0v) is 16.4. The lowest BCUT2D eigenvalue weighted by Gasteiger charge is -2.35. The van der Waals surface area contributed by atoms with E-state index in [1.54, 1.807) is 6.92 Å². The summed E-state index contributed by atoms with van der Waals surface area (Å²) in [5, 5.41) is 5.80. The van der Waals surface area contributed by atoms with E-state index in [2.05, 4.69) is 10.6 Å². The van der Waals surface area contributed by atoms with E-state index in [4.69, 9.17) is 11.6 Å². The first-order chi connectivity index (χ1) is 13.4. The monoisotopic (exact) mass is 403 g/mol. The molecule has 28 heavy (non-hydrogen) atoms. The van der Waals surface area contributed by atoms with E-state index in [-0.39, 0.29) is 28.4 Å². The maximum absolute atomic E-state index is 13.9. The van der Waals surface area contributed by atoms with E-state index in [0.717, 1.165) is 24.6 Å². The Bertz CT molecular complexity index is 847. The van der Waals surface area contributed by atoms with Crippen molar-refractivity contribution in [3.05, 3.63) is 59.4 Å². The first-order valence-electron chi connectivity index (χ1n) is 9.30. The highest BCUT2D eigenvalue weighted by Gasteiger charge is 2.31. The Morgan fingerprint density at radius 1 is 1.18 bits per heavy atom. The second-order valence-electron chi connectivity index (χ2n) is 6.98. The molecule has 0 aliphatic carbocycles. The maximum atomic E-state index is 13.9. The molecule has 0 aromatic heterocycles.